The number of fused-ring (bicyclic) bond motifs is 1. The zero-order valence-corrected chi connectivity index (χ0v) is 23.3. The molecular formula is C31H24ClN3O4S. The molecule has 0 amide bonds. The molecule has 200 valence electrons. The fourth-order valence-corrected chi connectivity index (χ4v) is 5.70. The number of hydrogen-bond acceptors (Lipinski definition) is 7. The third kappa shape index (κ3) is 5.48. The molecule has 5 rings (SSSR count). The van der Waals surface area contributed by atoms with Crippen LogP contribution in [0.25, 0.3) is 6.08 Å². The van der Waals surface area contributed by atoms with Gasteiger partial charge in [-0.3, -0.25) is 9.36 Å². The molecule has 1 atom stereocenters. The Hall–Kier alpha value is -4.45. The molecule has 9 heteroatoms. The van der Waals surface area contributed by atoms with Gasteiger partial charge in [-0.2, -0.15) is 5.26 Å². The van der Waals surface area contributed by atoms with Crippen molar-refractivity contribution in [1.29, 1.82) is 5.26 Å². The van der Waals surface area contributed by atoms with E-state index in [0.29, 0.717) is 42.5 Å². The van der Waals surface area contributed by atoms with Gasteiger partial charge in [0.05, 0.1) is 40.1 Å². The molecule has 0 bridgehead atoms. The van der Waals surface area contributed by atoms with Crippen molar-refractivity contribution in [2.45, 2.75) is 26.5 Å². The number of hydrogen-bond donors (Lipinski definition) is 0. The SMILES string of the molecule is CCOC(=O)C1=C(C)N=c2s/c(=C\c3cc(Cl)ccc3OCc3ccc(C#N)cc3)c(=O)n2[C@H]1c1ccccc1. The summed E-state index contributed by atoms with van der Waals surface area (Å²) in [7, 11) is 0. The van der Waals surface area contributed by atoms with Crippen LogP contribution in [-0.4, -0.2) is 17.1 Å². The van der Waals surface area contributed by atoms with Gasteiger partial charge in [0.1, 0.15) is 12.4 Å². The highest BCUT2D eigenvalue weighted by atomic mass is 35.5. The second-order valence-corrected chi connectivity index (χ2v) is 10.4. The topological polar surface area (TPSA) is 93.7 Å². The highest BCUT2D eigenvalue weighted by Crippen LogP contribution is 2.30. The Balaban J connectivity index is 1.59. The van der Waals surface area contributed by atoms with E-state index in [1.165, 1.54) is 11.3 Å². The smallest absolute Gasteiger partial charge is 0.338 e. The molecule has 0 saturated carbocycles. The van der Waals surface area contributed by atoms with Crippen molar-refractivity contribution in [2.24, 2.45) is 4.99 Å². The molecule has 3 aromatic carbocycles. The molecule has 0 fully saturated rings. The normalized spacial score (nSPS) is 14.8. The molecule has 1 aromatic heterocycles. The Morgan fingerprint density at radius 3 is 2.60 bits per heavy atom. The second-order valence-electron chi connectivity index (χ2n) is 8.99. The van der Waals surface area contributed by atoms with E-state index in [4.69, 9.17) is 26.3 Å². The van der Waals surface area contributed by atoms with Crippen molar-refractivity contribution >= 4 is 35.0 Å². The molecule has 0 saturated heterocycles. The van der Waals surface area contributed by atoms with Crippen LogP contribution in [0.2, 0.25) is 5.02 Å². The zero-order chi connectivity index (χ0) is 28.2. The van der Waals surface area contributed by atoms with Gasteiger partial charge < -0.3 is 9.47 Å². The molecule has 1 aliphatic rings. The first-order valence-electron chi connectivity index (χ1n) is 12.6. The van der Waals surface area contributed by atoms with E-state index < -0.39 is 12.0 Å². The largest absolute Gasteiger partial charge is 0.488 e. The van der Waals surface area contributed by atoms with Gasteiger partial charge in [0.2, 0.25) is 0 Å². The minimum atomic E-state index is -0.676. The summed E-state index contributed by atoms with van der Waals surface area (Å²) >= 11 is 7.55. The van der Waals surface area contributed by atoms with E-state index in [9.17, 15) is 9.59 Å². The molecular weight excluding hydrogens is 546 g/mol. The maximum atomic E-state index is 13.9. The summed E-state index contributed by atoms with van der Waals surface area (Å²) in [6.45, 7) is 3.98. The van der Waals surface area contributed by atoms with Gasteiger partial charge in [-0.15, -0.1) is 0 Å². The Bertz CT molecular complexity index is 1830. The molecule has 7 nitrogen and oxygen atoms in total. The Morgan fingerprint density at radius 1 is 1.15 bits per heavy atom. The van der Waals surface area contributed by atoms with Crippen LogP contribution in [0.1, 0.15) is 42.1 Å². The number of allylic oxidation sites excluding steroid dienone is 1. The highest BCUT2D eigenvalue weighted by molar-refractivity contribution is 7.07. The molecule has 0 aliphatic carbocycles. The lowest BCUT2D eigenvalue weighted by atomic mass is 9.96. The number of halogens is 1. The van der Waals surface area contributed by atoms with E-state index in [2.05, 4.69) is 11.1 Å². The van der Waals surface area contributed by atoms with Crippen molar-refractivity contribution in [1.82, 2.24) is 4.57 Å². The molecule has 2 heterocycles. The van der Waals surface area contributed by atoms with Gasteiger partial charge in [-0.25, -0.2) is 9.79 Å². The van der Waals surface area contributed by atoms with Crippen molar-refractivity contribution in [3.63, 3.8) is 0 Å². The maximum Gasteiger partial charge on any atom is 0.338 e. The quantitative estimate of drug-likeness (QED) is 0.295. The van der Waals surface area contributed by atoms with E-state index in [1.807, 2.05) is 42.5 Å². The number of benzene rings is 3. The Labute approximate surface area is 239 Å². The van der Waals surface area contributed by atoms with Crippen LogP contribution < -0.4 is 19.6 Å². The van der Waals surface area contributed by atoms with Crippen LogP contribution in [0.15, 0.2) is 93.9 Å². The van der Waals surface area contributed by atoms with Crippen LogP contribution in [0, 0.1) is 11.3 Å². The van der Waals surface area contributed by atoms with Crippen LogP contribution in [0.3, 0.4) is 0 Å². The average molecular weight is 570 g/mol. The monoisotopic (exact) mass is 569 g/mol. The summed E-state index contributed by atoms with van der Waals surface area (Å²) < 4.78 is 13.4. The Morgan fingerprint density at radius 2 is 1.90 bits per heavy atom. The second kappa shape index (κ2) is 11.7. The van der Waals surface area contributed by atoms with E-state index in [-0.39, 0.29) is 18.8 Å². The summed E-state index contributed by atoms with van der Waals surface area (Å²) in [6, 6.07) is 23.1. The minimum Gasteiger partial charge on any atom is -0.488 e. The zero-order valence-electron chi connectivity index (χ0n) is 21.8. The lowest BCUT2D eigenvalue weighted by Crippen LogP contribution is -2.39. The van der Waals surface area contributed by atoms with Crippen LogP contribution in [0.4, 0.5) is 0 Å². The number of nitriles is 1. The molecule has 0 unspecified atom stereocenters. The summed E-state index contributed by atoms with van der Waals surface area (Å²) in [4.78, 5) is 32.0. The standard InChI is InChI=1S/C31H24ClN3O4S/c1-3-38-30(37)27-19(2)34-31-35(28(27)22-7-5-4-6-8-22)29(36)26(40-31)16-23-15-24(32)13-14-25(23)39-18-21-11-9-20(17-33)10-12-21/h4-16,28H,3,18H2,1-2H3/b26-16-/t28-/m0/s1. The van der Waals surface area contributed by atoms with Crippen LogP contribution in [-0.2, 0) is 16.1 Å². The number of carbonyl (C=O) groups is 1. The van der Waals surface area contributed by atoms with Gasteiger partial charge in [0, 0.05) is 10.6 Å². The van der Waals surface area contributed by atoms with Gasteiger partial charge in [0.15, 0.2) is 4.80 Å². The Kier molecular flexibility index (Phi) is 7.96. The van der Waals surface area contributed by atoms with Gasteiger partial charge in [0.25, 0.3) is 5.56 Å². The van der Waals surface area contributed by atoms with E-state index >= 15 is 0 Å². The van der Waals surface area contributed by atoms with E-state index in [1.54, 1.807) is 54.8 Å². The van der Waals surface area contributed by atoms with E-state index in [0.717, 1.165) is 11.1 Å². The number of esters is 1. The molecule has 0 spiro atoms. The average Bonchev–Trinajstić information content (AvgIpc) is 3.26. The fourth-order valence-electron chi connectivity index (χ4n) is 4.48. The number of carbonyl (C=O) groups excluding carboxylic acids is 1. The molecule has 40 heavy (non-hydrogen) atoms. The predicted molar refractivity (Wildman–Crippen MR) is 154 cm³/mol. The number of aromatic nitrogens is 1. The first-order valence-corrected chi connectivity index (χ1v) is 13.7. The van der Waals surface area contributed by atoms with Crippen molar-refractivity contribution < 1.29 is 14.3 Å². The maximum absolute atomic E-state index is 13.9. The summed E-state index contributed by atoms with van der Waals surface area (Å²) in [6.07, 6.45) is 1.73. The summed E-state index contributed by atoms with van der Waals surface area (Å²) in [5.74, 6) is 0.0443. The molecule has 4 aromatic rings. The minimum absolute atomic E-state index is 0.210. The van der Waals surface area contributed by atoms with Crippen LogP contribution in [0.5, 0.6) is 5.75 Å². The first kappa shape index (κ1) is 27.1. The fraction of sp³-hybridized carbons (Fsp3) is 0.161. The van der Waals surface area contributed by atoms with Crippen molar-refractivity contribution in [3.8, 4) is 11.8 Å². The third-order valence-corrected chi connectivity index (χ3v) is 7.59. The third-order valence-electron chi connectivity index (χ3n) is 6.37. The molecule has 1 aliphatic heterocycles. The molecule has 0 N–H and O–H groups in total. The number of nitrogens with zero attached hydrogens (tertiary/aromatic N) is 3. The lowest BCUT2D eigenvalue weighted by Gasteiger charge is -2.24. The summed E-state index contributed by atoms with van der Waals surface area (Å²) in [5, 5.41) is 9.52. The predicted octanol–water partition coefficient (Wildman–Crippen LogP) is 4.90. The number of rotatable bonds is 7. The summed E-state index contributed by atoms with van der Waals surface area (Å²) in [5.41, 5.74) is 3.43. The number of thiazole rings is 1. The lowest BCUT2D eigenvalue weighted by molar-refractivity contribution is -0.139. The number of ether oxygens (including phenoxy) is 2. The van der Waals surface area contributed by atoms with Crippen LogP contribution >= 0.6 is 22.9 Å². The van der Waals surface area contributed by atoms with Crippen molar-refractivity contribution in [3.05, 3.63) is 131 Å². The first-order chi connectivity index (χ1) is 19.4. The van der Waals surface area contributed by atoms with Gasteiger partial charge >= 0.3 is 5.97 Å². The molecule has 0 radical (unpaired) electrons. The highest BCUT2D eigenvalue weighted by Gasteiger charge is 2.33. The van der Waals surface area contributed by atoms with Crippen molar-refractivity contribution in [2.75, 3.05) is 6.61 Å². The van der Waals surface area contributed by atoms with Gasteiger partial charge in [-0.05, 0) is 61.4 Å². The van der Waals surface area contributed by atoms with Gasteiger partial charge in [-0.1, -0.05) is 65.4 Å².